The summed E-state index contributed by atoms with van der Waals surface area (Å²) in [5, 5.41) is 3.38. The van der Waals surface area contributed by atoms with Gasteiger partial charge in [0.2, 0.25) is 5.91 Å². The van der Waals surface area contributed by atoms with Gasteiger partial charge < -0.3 is 15.0 Å². The van der Waals surface area contributed by atoms with Crippen molar-refractivity contribution in [1.29, 1.82) is 0 Å². The van der Waals surface area contributed by atoms with Crippen molar-refractivity contribution in [3.63, 3.8) is 0 Å². The second-order valence-corrected chi connectivity index (χ2v) is 6.85. The van der Waals surface area contributed by atoms with Crippen molar-refractivity contribution < 1.29 is 9.53 Å². The molecule has 2 aromatic rings. The predicted molar refractivity (Wildman–Crippen MR) is 106 cm³/mol. The lowest BCUT2D eigenvalue weighted by Crippen LogP contribution is -2.48. The molecule has 0 saturated carbocycles. The van der Waals surface area contributed by atoms with E-state index in [2.05, 4.69) is 46.3 Å². The van der Waals surface area contributed by atoms with Gasteiger partial charge in [-0.25, -0.2) is 0 Å². The molecule has 0 aliphatic carbocycles. The Labute approximate surface area is 159 Å². The summed E-state index contributed by atoms with van der Waals surface area (Å²) in [6.45, 7) is 6.09. The zero-order valence-electron chi connectivity index (χ0n) is 15.2. The number of nitrogens with zero attached hydrogens (tertiary/aromatic N) is 2. The molecule has 1 fully saturated rings. The van der Waals surface area contributed by atoms with Crippen molar-refractivity contribution in [2.75, 3.05) is 50.1 Å². The fourth-order valence-electron chi connectivity index (χ4n) is 3.21. The Hall–Kier alpha value is -2.24. The summed E-state index contributed by atoms with van der Waals surface area (Å²) in [5.41, 5.74) is 3.25. The maximum absolute atomic E-state index is 12.3. The van der Waals surface area contributed by atoms with Crippen molar-refractivity contribution in [3.8, 4) is 5.75 Å². The van der Waals surface area contributed by atoms with E-state index in [4.69, 9.17) is 16.3 Å². The van der Waals surface area contributed by atoms with Gasteiger partial charge >= 0.3 is 0 Å². The Morgan fingerprint density at radius 1 is 1.15 bits per heavy atom. The number of rotatable bonds is 5. The van der Waals surface area contributed by atoms with Crippen LogP contribution in [0.5, 0.6) is 5.75 Å². The summed E-state index contributed by atoms with van der Waals surface area (Å²) in [7, 11) is 1.57. The second-order valence-electron chi connectivity index (χ2n) is 6.45. The molecule has 1 aliphatic heterocycles. The van der Waals surface area contributed by atoms with Crippen molar-refractivity contribution in [1.82, 2.24) is 4.90 Å². The van der Waals surface area contributed by atoms with Crippen LogP contribution >= 0.6 is 11.6 Å². The molecule has 0 radical (unpaired) electrons. The molecule has 1 aliphatic rings. The smallest absolute Gasteiger partial charge is 0.238 e. The molecular weight excluding hydrogens is 350 g/mol. The van der Waals surface area contributed by atoms with E-state index in [9.17, 15) is 4.79 Å². The Kier molecular flexibility index (Phi) is 6.01. The minimum Gasteiger partial charge on any atom is -0.495 e. The van der Waals surface area contributed by atoms with Crippen LogP contribution in [0.25, 0.3) is 0 Å². The maximum Gasteiger partial charge on any atom is 0.238 e. The monoisotopic (exact) mass is 373 g/mol. The number of nitrogens with one attached hydrogen (secondary N) is 1. The molecular formula is C20H24ClN3O2. The number of methoxy groups -OCH3 is 1. The molecule has 0 bridgehead atoms. The number of hydrogen-bond donors (Lipinski definition) is 1. The Morgan fingerprint density at radius 2 is 1.88 bits per heavy atom. The number of amides is 1. The first-order valence-electron chi connectivity index (χ1n) is 8.73. The predicted octanol–water partition coefficient (Wildman–Crippen LogP) is 3.42. The number of ether oxygens (including phenoxy) is 1. The summed E-state index contributed by atoms with van der Waals surface area (Å²) in [6.07, 6.45) is 0. The van der Waals surface area contributed by atoms with Gasteiger partial charge in [-0.15, -0.1) is 0 Å². The van der Waals surface area contributed by atoms with Crippen LogP contribution in [0.15, 0.2) is 42.5 Å². The van der Waals surface area contributed by atoms with Gasteiger partial charge in [-0.3, -0.25) is 9.69 Å². The minimum absolute atomic E-state index is 0.0319. The van der Waals surface area contributed by atoms with E-state index in [1.165, 1.54) is 11.3 Å². The lowest BCUT2D eigenvalue weighted by Gasteiger charge is -2.36. The first kappa shape index (κ1) is 18.5. The van der Waals surface area contributed by atoms with Gasteiger partial charge in [0.05, 0.1) is 18.7 Å². The third kappa shape index (κ3) is 4.48. The average Bonchev–Trinajstić information content (AvgIpc) is 2.63. The molecule has 5 nitrogen and oxygen atoms in total. The van der Waals surface area contributed by atoms with Crippen LogP contribution in [0, 0.1) is 6.92 Å². The van der Waals surface area contributed by atoms with E-state index in [1.807, 2.05) is 0 Å². The molecule has 6 heteroatoms. The lowest BCUT2D eigenvalue weighted by atomic mass is 10.1. The van der Waals surface area contributed by atoms with Crippen LogP contribution in [0.3, 0.4) is 0 Å². The van der Waals surface area contributed by atoms with E-state index in [0.717, 1.165) is 26.2 Å². The molecule has 138 valence electrons. The fraction of sp³-hybridized carbons (Fsp3) is 0.350. The number of para-hydroxylation sites is 1. The van der Waals surface area contributed by atoms with Gasteiger partial charge in [0.15, 0.2) is 0 Å². The quantitative estimate of drug-likeness (QED) is 0.872. The number of aryl methyl sites for hydroxylation is 1. The third-order valence-electron chi connectivity index (χ3n) is 4.63. The van der Waals surface area contributed by atoms with E-state index in [0.29, 0.717) is 23.0 Å². The minimum atomic E-state index is -0.0319. The third-order valence-corrected chi connectivity index (χ3v) is 4.93. The molecule has 0 unspecified atom stereocenters. The highest BCUT2D eigenvalue weighted by Gasteiger charge is 2.20. The standard InChI is InChI=1S/C20H24ClN3O2/c1-15-5-3-4-6-18(15)24-11-9-23(10-12-24)14-20(25)22-16-7-8-19(26-2)17(21)13-16/h3-8,13H,9-12,14H2,1-2H3,(H,22,25). The molecule has 0 atom stereocenters. The van der Waals surface area contributed by atoms with Crippen molar-refractivity contribution in [2.45, 2.75) is 6.92 Å². The van der Waals surface area contributed by atoms with Crippen LogP contribution in [0.1, 0.15) is 5.56 Å². The number of carbonyl (C=O) groups is 1. The Bertz CT molecular complexity index is 773. The van der Waals surface area contributed by atoms with Gasteiger partial charge in [0.1, 0.15) is 5.75 Å². The lowest BCUT2D eigenvalue weighted by molar-refractivity contribution is -0.117. The van der Waals surface area contributed by atoms with Gasteiger partial charge in [0, 0.05) is 37.6 Å². The van der Waals surface area contributed by atoms with Crippen molar-refractivity contribution in [3.05, 3.63) is 53.1 Å². The van der Waals surface area contributed by atoms with Gasteiger partial charge in [-0.2, -0.15) is 0 Å². The van der Waals surface area contributed by atoms with Gasteiger partial charge in [-0.05, 0) is 36.8 Å². The molecule has 26 heavy (non-hydrogen) atoms. The first-order chi connectivity index (χ1) is 12.6. The maximum atomic E-state index is 12.3. The Morgan fingerprint density at radius 3 is 2.54 bits per heavy atom. The van der Waals surface area contributed by atoms with Crippen molar-refractivity contribution in [2.24, 2.45) is 0 Å². The molecule has 2 aromatic carbocycles. The summed E-state index contributed by atoms with van der Waals surface area (Å²) in [4.78, 5) is 16.9. The second kappa shape index (κ2) is 8.43. The van der Waals surface area contributed by atoms with Crippen LogP contribution in [-0.2, 0) is 4.79 Å². The number of anilines is 2. The van der Waals surface area contributed by atoms with Crippen molar-refractivity contribution >= 4 is 28.9 Å². The molecule has 1 saturated heterocycles. The van der Waals surface area contributed by atoms with Gasteiger partial charge in [0.25, 0.3) is 0 Å². The van der Waals surface area contributed by atoms with E-state index < -0.39 is 0 Å². The zero-order chi connectivity index (χ0) is 18.5. The highest BCUT2D eigenvalue weighted by Crippen LogP contribution is 2.27. The van der Waals surface area contributed by atoms with Crippen LogP contribution in [0.2, 0.25) is 5.02 Å². The van der Waals surface area contributed by atoms with Crippen LogP contribution < -0.4 is 15.0 Å². The summed E-state index contributed by atoms with van der Waals surface area (Å²) in [5.74, 6) is 0.563. The molecule has 1 amide bonds. The van der Waals surface area contributed by atoms with Gasteiger partial charge in [-0.1, -0.05) is 29.8 Å². The molecule has 1 heterocycles. The highest BCUT2D eigenvalue weighted by molar-refractivity contribution is 6.32. The number of hydrogen-bond acceptors (Lipinski definition) is 4. The average molecular weight is 374 g/mol. The Balaban J connectivity index is 1.50. The van der Waals surface area contributed by atoms with E-state index in [1.54, 1.807) is 25.3 Å². The molecule has 0 spiro atoms. The largest absolute Gasteiger partial charge is 0.495 e. The number of benzene rings is 2. The molecule has 3 rings (SSSR count). The van der Waals surface area contributed by atoms with Crippen LogP contribution in [-0.4, -0.2) is 50.6 Å². The highest BCUT2D eigenvalue weighted by atomic mass is 35.5. The number of carbonyl (C=O) groups excluding carboxylic acids is 1. The molecule has 1 N–H and O–H groups in total. The normalized spacial score (nSPS) is 15.0. The first-order valence-corrected chi connectivity index (χ1v) is 9.11. The topological polar surface area (TPSA) is 44.8 Å². The molecule has 0 aromatic heterocycles. The SMILES string of the molecule is COc1ccc(NC(=O)CN2CCN(c3ccccc3C)CC2)cc1Cl. The summed E-state index contributed by atoms with van der Waals surface area (Å²) in [6, 6.07) is 13.7. The van der Waals surface area contributed by atoms with E-state index in [-0.39, 0.29) is 5.91 Å². The summed E-state index contributed by atoms with van der Waals surface area (Å²) >= 11 is 6.10. The van der Waals surface area contributed by atoms with Crippen LogP contribution in [0.4, 0.5) is 11.4 Å². The fourth-order valence-corrected chi connectivity index (χ4v) is 3.47. The number of halogens is 1. The van der Waals surface area contributed by atoms with E-state index >= 15 is 0 Å². The zero-order valence-corrected chi connectivity index (χ0v) is 15.9. The number of piperazine rings is 1. The summed E-state index contributed by atoms with van der Waals surface area (Å²) < 4.78 is 5.12.